The first-order valence-corrected chi connectivity index (χ1v) is 5.60. The average molecular weight is 227 g/mol. The highest BCUT2D eigenvalue weighted by Crippen LogP contribution is 1.98. The second kappa shape index (κ2) is 6.34. The third-order valence-corrected chi connectivity index (χ3v) is 2.39. The van der Waals surface area contributed by atoms with Crippen molar-refractivity contribution in [1.82, 2.24) is 20.1 Å². The lowest BCUT2D eigenvalue weighted by atomic mass is 10.2. The summed E-state index contributed by atoms with van der Waals surface area (Å²) in [6, 6.07) is 0. The number of nitrogens with zero attached hydrogens (tertiary/aromatic N) is 3. The molecule has 0 aromatic carbocycles. The van der Waals surface area contributed by atoms with Gasteiger partial charge in [0.25, 0.3) is 0 Å². The molecule has 1 rings (SSSR count). The lowest BCUT2D eigenvalue weighted by Crippen LogP contribution is -2.30. The predicted molar refractivity (Wildman–Crippen MR) is 64.6 cm³/mol. The summed E-state index contributed by atoms with van der Waals surface area (Å²) in [6.45, 7) is 3.05. The summed E-state index contributed by atoms with van der Waals surface area (Å²) in [5, 5.41) is 7.52. The Kier molecular flexibility index (Phi) is 5.03. The van der Waals surface area contributed by atoms with Crippen molar-refractivity contribution in [2.45, 2.75) is 32.6 Å². The van der Waals surface area contributed by atoms with Gasteiger partial charge in [0.1, 0.15) is 6.33 Å². The summed E-state index contributed by atoms with van der Waals surface area (Å²) >= 11 is 5.11. The third-order valence-electron chi connectivity index (χ3n) is 2.07. The first kappa shape index (κ1) is 11.9. The van der Waals surface area contributed by atoms with Crippen LogP contribution in [0.1, 0.15) is 32.6 Å². The van der Waals surface area contributed by atoms with Gasteiger partial charge in [-0.3, -0.25) is 0 Å². The number of thiocarbonyl (C=S) groups is 1. The molecule has 5 nitrogen and oxygen atoms in total. The molecule has 0 unspecified atom stereocenters. The highest BCUT2D eigenvalue weighted by atomic mass is 32.1. The summed E-state index contributed by atoms with van der Waals surface area (Å²) in [4.78, 5) is 3.80. The smallest absolute Gasteiger partial charge is 0.225 e. The molecular weight excluding hydrogens is 210 g/mol. The van der Waals surface area contributed by atoms with Crippen LogP contribution in [0.15, 0.2) is 6.33 Å². The molecule has 0 saturated carbocycles. The number of nitrogen functional groups attached to an aromatic ring is 1. The van der Waals surface area contributed by atoms with E-state index in [4.69, 9.17) is 18.0 Å². The minimum Gasteiger partial charge on any atom is -0.368 e. The largest absolute Gasteiger partial charge is 0.368 e. The van der Waals surface area contributed by atoms with E-state index < -0.39 is 0 Å². The molecule has 1 aromatic heterocycles. The fourth-order valence-electron chi connectivity index (χ4n) is 1.23. The summed E-state index contributed by atoms with van der Waals surface area (Å²) in [5.74, 6) is 0.320. The Morgan fingerprint density at radius 1 is 1.53 bits per heavy atom. The fourth-order valence-corrected chi connectivity index (χ4v) is 1.47. The Hall–Kier alpha value is -1.17. The van der Waals surface area contributed by atoms with Crippen molar-refractivity contribution in [1.29, 1.82) is 0 Å². The summed E-state index contributed by atoms with van der Waals surface area (Å²) in [7, 11) is 0. The summed E-state index contributed by atoms with van der Waals surface area (Å²) < 4.78 is 1.43. The Morgan fingerprint density at radius 2 is 2.33 bits per heavy atom. The van der Waals surface area contributed by atoms with Crippen LogP contribution in [0.3, 0.4) is 0 Å². The molecule has 0 bridgehead atoms. The van der Waals surface area contributed by atoms with Crippen LogP contribution in [-0.2, 0) is 0 Å². The van der Waals surface area contributed by atoms with E-state index in [2.05, 4.69) is 22.3 Å². The third kappa shape index (κ3) is 3.83. The molecule has 0 saturated heterocycles. The first-order valence-electron chi connectivity index (χ1n) is 5.19. The SMILES string of the molecule is CCCCCCNC(=S)n1ncnc1N. The molecule has 1 aromatic rings. The molecule has 0 radical (unpaired) electrons. The highest BCUT2D eigenvalue weighted by molar-refractivity contribution is 7.80. The molecule has 1 heterocycles. The van der Waals surface area contributed by atoms with Crippen LogP contribution >= 0.6 is 12.2 Å². The van der Waals surface area contributed by atoms with Crippen molar-refractivity contribution in [3.63, 3.8) is 0 Å². The number of hydrogen-bond acceptors (Lipinski definition) is 4. The van der Waals surface area contributed by atoms with Crippen LogP contribution in [0, 0.1) is 0 Å². The summed E-state index contributed by atoms with van der Waals surface area (Å²) in [6.07, 6.45) is 6.22. The zero-order chi connectivity index (χ0) is 11.1. The maximum Gasteiger partial charge on any atom is 0.225 e. The van der Waals surface area contributed by atoms with E-state index in [1.54, 1.807) is 0 Å². The van der Waals surface area contributed by atoms with Gasteiger partial charge in [0.2, 0.25) is 5.95 Å². The predicted octanol–water partition coefficient (Wildman–Crippen LogP) is 1.16. The van der Waals surface area contributed by atoms with E-state index >= 15 is 0 Å². The number of nitrogens with two attached hydrogens (primary N) is 1. The van der Waals surface area contributed by atoms with Crippen molar-refractivity contribution in [3.05, 3.63) is 6.33 Å². The first-order chi connectivity index (χ1) is 7.25. The molecule has 3 N–H and O–H groups in total. The van der Waals surface area contributed by atoms with Gasteiger partial charge >= 0.3 is 0 Å². The second-order valence-corrected chi connectivity index (χ2v) is 3.71. The molecular formula is C9H17N5S. The molecule has 0 fully saturated rings. The molecule has 0 amide bonds. The molecule has 84 valence electrons. The van der Waals surface area contributed by atoms with Gasteiger partial charge in [0.05, 0.1) is 0 Å². The molecule has 6 heteroatoms. The molecule has 0 aliphatic carbocycles. The lowest BCUT2D eigenvalue weighted by Gasteiger charge is -2.07. The molecule has 0 spiro atoms. The lowest BCUT2D eigenvalue weighted by molar-refractivity contribution is 0.650. The van der Waals surface area contributed by atoms with E-state index in [0.717, 1.165) is 13.0 Å². The van der Waals surface area contributed by atoms with Gasteiger partial charge in [-0.05, 0) is 18.6 Å². The topological polar surface area (TPSA) is 68.8 Å². The van der Waals surface area contributed by atoms with Crippen molar-refractivity contribution in [2.75, 3.05) is 12.3 Å². The van der Waals surface area contributed by atoms with Crippen LogP contribution in [0.2, 0.25) is 0 Å². The number of anilines is 1. The highest BCUT2D eigenvalue weighted by Gasteiger charge is 2.03. The number of nitrogens with one attached hydrogen (secondary N) is 1. The van der Waals surface area contributed by atoms with Gasteiger partial charge in [-0.25, -0.2) is 0 Å². The fraction of sp³-hybridized carbons (Fsp3) is 0.667. The van der Waals surface area contributed by atoms with Gasteiger partial charge in [-0.1, -0.05) is 26.2 Å². The maximum atomic E-state index is 5.56. The Bertz CT molecular complexity index is 309. The normalized spacial score (nSPS) is 10.2. The van der Waals surface area contributed by atoms with Crippen LogP contribution in [-0.4, -0.2) is 26.4 Å². The molecule has 15 heavy (non-hydrogen) atoms. The van der Waals surface area contributed by atoms with E-state index in [-0.39, 0.29) is 0 Å². The number of hydrogen-bond donors (Lipinski definition) is 2. The van der Waals surface area contributed by atoms with Crippen LogP contribution in [0.4, 0.5) is 5.95 Å². The Balaban J connectivity index is 2.22. The molecule has 0 aliphatic heterocycles. The average Bonchev–Trinajstić information content (AvgIpc) is 2.64. The molecule has 0 aliphatic rings. The van der Waals surface area contributed by atoms with E-state index in [1.807, 2.05) is 0 Å². The number of aromatic nitrogens is 3. The van der Waals surface area contributed by atoms with Gasteiger partial charge in [-0.15, -0.1) is 0 Å². The van der Waals surface area contributed by atoms with E-state index in [0.29, 0.717) is 11.1 Å². The van der Waals surface area contributed by atoms with Crippen molar-refractivity contribution in [2.24, 2.45) is 0 Å². The monoisotopic (exact) mass is 227 g/mol. The standard InChI is InChI=1S/C9H17N5S/c1-2-3-4-5-6-11-9(15)14-8(10)12-7-13-14/h7H,2-6H2,1H3,(H,11,15)(H2,10,12,13). The van der Waals surface area contributed by atoms with Crippen molar-refractivity contribution >= 4 is 23.3 Å². The van der Waals surface area contributed by atoms with Gasteiger partial charge in [0.15, 0.2) is 5.11 Å². The maximum absolute atomic E-state index is 5.56. The van der Waals surface area contributed by atoms with Crippen LogP contribution in [0.5, 0.6) is 0 Å². The zero-order valence-corrected chi connectivity index (χ0v) is 9.76. The quantitative estimate of drug-likeness (QED) is 0.583. The van der Waals surface area contributed by atoms with Crippen molar-refractivity contribution in [3.8, 4) is 0 Å². The van der Waals surface area contributed by atoms with E-state index in [9.17, 15) is 0 Å². The van der Waals surface area contributed by atoms with Gasteiger partial charge in [-0.2, -0.15) is 14.8 Å². The number of rotatable bonds is 5. The van der Waals surface area contributed by atoms with Gasteiger partial charge < -0.3 is 11.1 Å². The van der Waals surface area contributed by atoms with E-state index in [1.165, 1.54) is 30.3 Å². The second-order valence-electron chi connectivity index (χ2n) is 3.32. The minimum absolute atomic E-state index is 0.320. The zero-order valence-electron chi connectivity index (χ0n) is 8.94. The Morgan fingerprint density at radius 3 is 2.93 bits per heavy atom. The van der Waals surface area contributed by atoms with Crippen LogP contribution < -0.4 is 11.1 Å². The molecule has 0 atom stereocenters. The summed E-state index contributed by atoms with van der Waals surface area (Å²) in [5.41, 5.74) is 5.56. The van der Waals surface area contributed by atoms with Crippen LogP contribution in [0.25, 0.3) is 0 Å². The Labute approximate surface area is 95.1 Å². The number of unbranched alkanes of at least 4 members (excludes halogenated alkanes) is 3. The minimum atomic E-state index is 0.320. The van der Waals surface area contributed by atoms with Crippen molar-refractivity contribution < 1.29 is 0 Å². The van der Waals surface area contributed by atoms with Gasteiger partial charge in [0, 0.05) is 6.54 Å².